The lowest BCUT2D eigenvalue weighted by molar-refractivity contribution is -0.137. The van der Waals surface area contributed by atoms with Gasteiger partial charge in [-0.15, -0.1) is 0 Å². The molecule has 7 heteroatoms. The van der Waals surface area contributed by atoms with E-state index in [2.05, 4.69) is 10.4 Å². The van der Waals surface area contributed by atoms with Crippen molar-refractivity contribution in [2.45, 2.75) is 13.1 Å². The van der Waals surface area contributed by atoms with E-state index in [-0.39, 0.29) is 5.69 Å². The van der Waals surface area contributed by atoms with Crippen LogP contribution >= 0.6 is 0 Å². The Morgan fingerprint density at radius 1 is 1.08 bits per heavy atom. The Labute approximate surface area is 141 Å². The first-order valence-corrected chi connectivity index (χ1v) is 7.45. The number of hydrogen-bond acceptors (Lipinski definition) is 2. The van der Waals surface area contributed by atoms with Gasteiger partial charge in [-0.25, -0.2) is 4.68 Å². The van der Waals surface area contributed by atoms with Crippen LogP contribution in [0.25, 0.3) is 5.69 Å². The first-order chi connectivity index (χ1) is 11.9. The number of anilines is 1. The van der Waals surface area contributed by atoms with Crippen molar-refractivity contribution < 1.29 is 18.0 Å². The predicted molar refractivity (Wildman–Crippen MR) is 87.7 cm³/mol. The van der Waals surface area contributed by atoms with Crippen molar-refractivity contribution in [2.24, 2.45) is 0 Å². The average molecular weight is 345 g/mol. The van der Waals surface area contributed by atoms with Gasteiger partial charge in [0.2, 0.25) is 0 Å². The Morgan fingerprint density at radius 3 is 2.48 bits per heavy atom. The SMILES string of the molecule is Cc1c(C(=O)Nc2cccc(C(F)(F)F)c2)cnn1-c1ccccc1. The molecular weight excluding hydrogens is 331 g/mol. The molecule has 128 valence electrons. The molecule has 0 aliphatic carbocycles. The minimum Gasteiger partial charge on any atom is -0.322 e. The van der Waals surface area contributed by atoms with Crippen molar-refractivity contribution in [3.8, 4) is 5.69 Å². The normalized spacial score (nSPS) is 11.4. The Morgan fingerprint density at radius 2 is 1.80 bits per heavy atom. The zero-order valence-electron chi connectivity index (χ0n) is 13.2. The van der Waals surface area contributed by atoms with Crippen molar-refractivity contribution in [2.75, 3.05) is 5.32 Å². The van der Waals surface area contributed by atoms with Crippen molar-refractivity contribution >= 4 is 11.6 Å². The highest BCUT2D eigenvalue weighted by atomic mass is 19.4. The number of nitrogens with zero attached hydrogens (tertiary/aromatic N) is 2. The fraction of sp³-hybridized carbons (Fsp3) is 0.111. The molecule has 3 aromatic rings. The van der Waals surface area contributed by atoms with Crippen LogP contribution < -0.4 is 5.32 Å². The molecule has 1 aromatic heterocycles. The van der Waals surface area contributed by atoms with Crippen molar-refractivity contribution in [3.05, 3.63) is 77.6 Å². The Balaban J connectivity index is 1.85. The summed E-state index contributed by atoms with van der Waals surface area (Å²) >= 11 is 0. The molecule has 0 aliphatic rings. The molecule has 0 radical (unpaired) electrons. The van der Waals surface area contributed by atoms with E-state index in [0.717, 1.165) is 17.8 Å². The molecule has 0 saturated heterocycles. The topological polar surface area (TPSA) is 46.9 Å². The summed E-state index contributed by atoms with van der Waals surface area (Å²) in [6.45, 7) is 1.72. The molecule has 0 atom stereocenters. The fourth-order valence-electron chi connectivity index (χ4n) is 2.43. The predicted octanol–water partition coefficient (Wildman–Crippen LogP) is 4.45. The van der Waals surface area contributed by atoms with E-state index in [0.29, 0.717) is 11.3 Å². The third kappa shape index (κ3) is 3.55. The summed E-state index contributed by atoms with van der Waals surface area (Å²) in [5, 5.41) is 6.67. The number of alkyl halides is 3. The standard InChI is InChI=1S/C18H14F3N3O/c1-12-16(11-22-24(12)15-8-3-2-4-9-15)17(25)23-14-7-5-6-13(10-14)18(19,20)21/h2-11H,1H3,(H,23,25). The molecular formula is C18H14F3N3O. The van der Waals surface area contributed by atoms with Crippen LogP contribution in [0.4, 0.5) is 18.9 Å². The highest BCUT2D eigenvalue weighted by molar-refractivity contribution is 6.05. The summed E-state index contributed by atoms with van der Waals surface area (Å²) in [4.78, 5) is 12.4. The zero-order chi connectivity index (χ0) is 18.0. The van der Waals surface area contributed by atoms with E-state index >= 15 is 0 Å². The first-order valence-electron chi connectivity index (χ1n) is 7.45. The number of nitrogens with one attached hydrogen (secondary N) is 1. The highest BCUT2D eigenvalue weighted by Crippen LogP contribution is 2.30. The van der Waals surface area contributed by atoms with Gasteiger partial charge in [0.15, 0.2) is 0 Å². The molecule has 1 N–H and O–H groups in total. The van der Waals surface area contributed by atoms with Gasteiger partial charge in [-0.1, -0.05) is 24.3 Å². The van der Waals surface area contributed by atoms with Gasteiger partial charge in [0.1, 0.15) is 0 Å². The van der Waals surface area contributed by atoms with Gasteiger partial charge in [-0.3, -0.25) is 4.79 Å². The maximum atomic E-state index is 12.8. The van der Waals surface area contributed by atoms with Crippen molar-refractivity contribution in [3.63, 3.8) is 0 Å². The summed E-state index contributed by atoms with van der Waals surface area (Å²) in [6.07, 6.45) is -3.07. The lowest BCUT2D eigenvalue weighted by Gasteiger charge is -2.10. The number of carbonyl (C=O) groups is 1. The second-order valence-electron chi connectivity index (χ2n) is 5.42. The molecule has 4 nitrogen and oxygen atoms in total. The van der Waals surface area contributed by atoms with E-state index in [1.54, 1.807) is 11.6 Å². The van der Waals surface area contributed by atoms with Crippen LogP contribution in [0.5, 0.6) is 0 Å². The van der Waals surface area contributed by atoms with E-state index in [1.165, 1.54) is 18.3 Å². The summed E-state index contributed by atoms with van der Waals surface area (Å²) in [5.74, 6) is -0.515. The molecule has 25 heavy (non-hydrogen) atoms. The van der Waals surface area contributed by atoms with Crippen molar-refractivity contribution in [1.82, 2.24) is 9.78 Å². The maximum Gasteiger partial charge on any atom is 0.416 e. The number of hydrogen-bond donors (Lipinski definition) is 1. The molecule has 0 bridgehead atoms. The van der Waals surface area contributed by atoms with E-state index < -0.39 is 17.6 Å². The average Bonchev–Trinajstić information content (AvgIpc) is 2.97. The number of rotatable bonds is 3. The molecule has 3 rings (SSSR count). The van der Waals surface area contributed by atoms with Crippen LogP contribution in [0.2, 0.25) is 0 Å². The van der Waals surface area contributed by atoms with Gasteiger partial charge < -0.3 is 5.32 Å². The molecule has 2 aromatic carbocycles. The summed E-state index contributed by atoms with van der Waals surface area (Å²) in [5.41, 5.74) is 0.934. The molecule has 0 saturated carbocycles. The van der Waals surface area contributed by atoms with Crippen molar-refractivity contribution in [1.29, 1.82) is 0 Å². The lowest BCUT2D eigenvalue weighted by Crippen LogP contribution is -2.14. The van der Waals surface area contributed by atoms with Gasteiger partial charge >= 0.3 is 6.18 Å². The lowest BCUT2D eigenvalue weighted by atomic mass is 10.2. The Hall–Kier alpha value is -3.09. The minimum absolute atomic E-state index is 0.0756. The molecule has 1 amide bonds. The van der Waals surface area contributed by atoms with Crippen LogP contribution in [-0.2, 0) is 6.18 Å². The highest BCUT2D eigenvalue weighted by Gasteiger charge is 2.30. The third-order valence-electron chi connectivity index (χ3n) is 3.70. The van der Waals surface area contributed by atoms with Gasteiger partial charge in [-0.05, 0) is 37.3 Å². The van der Waals surface area contributed by atoms with Crippen LogP contribution in [0.15, 0.2) is 60.8 Å². The number of amides is 1. The van der Waals surface area contributed by atoms with E-state index in [9.17, 15) is 18.0 Å². The molecule has 1 heterocycles. The van der Waals surface area contributed by atoms with Crippen LogP contribution in [0.1, 0.15) is 21.6 Å². The largest absolute Gasteiger partial charge is 0.416 e. The third-order valence-corrected chi connectivity index (χ3v) is 3.70. The van der Waals surface area contributed by atoms with Gasteiger partial charge in [0.25, 0.3) is 5.91 Å². The smallest absolute Gasteiger partial charge is 0.322 e. The second kappa shape index (κ2) is 6.43. The van der Waals surface area contributed by atoms with E-state index in [4.69, 9.17) is 0 Å². The fourth-order valence-corrected chi connectivity index (χ4v) is 2.43. The number of halogens is 3. The second-order valence-corrected chi connectivity index (χ2v) is 5.42. The van der Waals surface area contributed by atoms with Crippen LogP contribution in [0, 0.1) is 6.92 Å². The minimum atomic E-state index is -4.46. The number of carbonyl (C=O) groups excluding carboxylic acids is 1. The molecule has 0 fully saturated rings. The molecule has 0 unspecified atom stereocenters. The first kappa shape index (κ1) is 16.8. The summed E-state index contributed by atoms with van der Waals surface area (Å²) < 4.78 is 39.9. The van der Waals surface area contributed by atoms with Gasteiger partial charge in [0.05, 0.1) is 28.7 Å². The Kier molecular flexibility index (Phi) is 4.31. The number of benzene rings is 2. The Bertz CT molecular complexity index is 901. The monoisotopic (exact) mass is 345 g/mol. The van der Waals surface area contributed by atoms with Gasteiger partial charge in [-0.2, -0.15) is 18.3 Å². The molecule has 0 aliphatic heterocycles. The van der Waals surface area contributed by atoms with Crippen LogP contribution in [0.3, 0.4) is 0 Å². The zero-order valence-corrected chi connectivity index (χ0v) is 13.2. The summed E-state index contributed by atoms with van der Waals surface area (Å²) in [7, 11) is 0. The number of para-hydroxylation sites is 1. The quantitative estimate of drug-likeness (QED) is 0.762. The molecule has 0 spiro atoms. The summed E-state index contributed by atoms with van der Waals surface area (Å²) in [6, 6.07) is 13.7. The van der Waals surface area contributed by atoms with Gasteiger partial charge in [0, 0.05) is 5.69 Å². The van der Waals surface area contributed by atoms with E-state index in [1.807, 2.05) is 30.3 Å². The van der Waals surface area contributed by atoms with Crippen LogP contribution in [-0.4, -0.2) is 15.7 Å². The number of aromatic nitrogens is 2. The maximum absolute atomic E-state index is 12.8.